The van der Waals surface area contributed by atoms with Gasteiger partial charge in [-0.15, -0.1) is 21.5 Å². The molecule has 32 heavy (non-hydrogen) atoms. The first kappa shape index (κ1) is 20.0. The number of esters is 1. The van der Waals surface area contributed by atoms with Crippen molar-refractivity contribution in [3.8, 4) is 22.3 Å². The van der Waals surface area contributed by atoms with Crippen LogP contribution < -0.4 is 9.47 Å². The van der Waals surface area contributed by atoms with Crippen molar-refractivity contribution in [1.82, 2.24) is 10.2 Å². The largest absolute Gasteiger partial charge is 0.486 e. The molecule has 0 bridgehead atoms. The molecule has 1 aliphatic heterocycles. The van der Waals surface area contributed by atoms with Crippen LogP contribution in [0.5, 0.6) is 11.5 Å². The second kappa shape index (κ2) is 8.64. The monoisotopic (exact) mass is 448 g/mol. The lowest BCUT2D eigenvalue weighted by molar-refractivity contribution is 0.0436. The number of carbonyl (C=O) groups excluding carboxylic acids is 2. The Hall–Kier alpha value is -3.98. The number of hydrogen-bond acceptors (Lipinski definition) is 9. The van der Waals surface area contributed by atoms with Gasteiger partial charge in [0, 0.05) is 11.1 Å². The summed E-state index contributed by atoms with van der Waals surface area (Å²) < 4.78 is 21.9. The molecule has 0 saturated heterocycles. The number of nitrogens with zero attached hydrogens (tertiary/aromatic N) is 2. The number of ketones is 1. The highest BCUT2D eigenvalue weighted by atomic mass is 32.1. The molecule has 2 aromatic carbocycles. The Labute approximate surface area is 186 Å². The van der Waals surface area contributed by atoms with Crippen LogP contribution >= 0.6 is 11.3 Å². The number of aromatic nitrogens is 2. The number of fused-ring (bicyclic) bond motifs is 1. The van der Waals surface area contributed by atoms with Crippen LogP contribution in [0.2, 0.25) is 0 Å². The lowest BCUT2D eigenvalue weighted by atomic mass is 9.98. The van der Waals surface area contributed by atoms with Crippen molar-refractivity contribution in [1.29, 1.82) is 0 Å². The summed E-state index contributed by atoms with van der Waals surface area (Å²) in [5.41, 5.74) is 0.747. The van der Waals surface area contributed by atoms with Crippen molar-refractivity contribution in [3.63, 3.8) is 0 Å². The molecule has 0 N–H and O–H groups in total. The van der Waals surface area contributed by atoms with Crippen molar-refractivity contribution in [2.75, 3.05) is 13.2 Å². The summed E-state index contributed by atoms with van der Waals surface area (Å²) in [6.07, 6.45) is 0. The first-order valence-corrected chi connectivity index (χ1v) is 10.6. The SMILES string of the molecule is O=C(OCc1nnc(-c2cccs2)o1)c1ccccc1C(=O)c1ccc2c(c1)OCCO2. The van der Waals surface area contributed by atoms with Gasteiger partial charge in [0.1, 0.15) is 13.2 Å². The maximum Gasteiger partial charge on any atom is 0.339 e. The summed E-state index contributed by atoms with van der Waals surface area (Å²) in [5, 5.41) is 9.76. The molecule has 160 valence electrons. The summed E-state index contributed by atoms with van der Waals surface area (Å²) in [4.78, 5) is 26.7. The first-order chi connectivity index (χ1) is 15.7. The molecule has 9 heteroatoms. The van der Waals surface area contributed by atoms with Crippen LogP contribution in [0.1, 0.15) is 32.2 Å². The Morgan fingerprint density at radius 1 is 0.938 bits per heavy atom. The van der Waals surface area contributed by atoms with Crippen molar-refractivity contribution in [2.45, 2.75) is 6.61 Å². The standard InChI is InChI=1S/C23H16N2O6S/c26-21(14-7-8-17-18(12-14)29-10-9-28-17)15-4-1-2-5-16(15)23(27)30-13-20-24-25-22(31-20)19-6-3-11-32-19/h1-8,11-12H,9-10,13H2. The average molecular weight is 448 g/mol. The van der Waals surface area contributed by atoms with E-state index in [4.69, 9.17) is 18.6 Å². The molecule has 0 amide bonds. The minimum absolute atomic E-state index is 0.144. The summed E-state index contributed by atoms with van der Waals surface area (Å²) in [5.74, 6) is 0.620. The maximum atomic E-state index is 13.1. The molecular formula is C23H16N2O6S. The van der Waals surface area contributed by atoms with E-state index >= 15 is 0 Å². The number of ether oxygens (including phenoxy) is 3. The molecule has 0 fully saturated rings. The molecule has 1 aliphatic rings. The van der Waals surface area contributed by atoms with Gasteiger partial charge in [-0.3, -0.25) is 4.79 Å². The van der Waals surface area contributed by atoms with E-state index in [0.717, 1.165) is 4.88 Å². The van der Waals surface area contributed by atoms with Crippen molar-refractivity contribution in [3.05, 3.63) is 82.6 Å². The molecule has 0 spiro atoms. The van der Waals surface area contributed by atoms with Gasteiger partial charge in [0.15, 0.2) is 23.9 Å². The van der Waals surface area contributed by atoms with E-state index in [1.807, 2.05) is 17.5 Å². The highest BCUT2D eigenvalue weighted by molar-refractivity contribution is 7.13. The summed E-state index contributed by atoms with van der Waals surface area (Å²) >= 11 is 1.46. The van der Waals surface area contributed by atoms with Crippen LogP contribution in [-0.4, -0.2) is 35.2 Å². The second-order valence-corrected chi connectivity index (χ2v) is 7.74. The van der Waals surface area contributed by atoms with Crippen LogP contribution in [0, 0.1) is 0 Å². The fourth-order valence-electron chi connectivity index (χ4n) is 3.22. The summed E-state index contributed by atoms with van der Waals surface area (Å²) in [7, 11) is 0. The Morgan fingerprint density at radius 3 is 2.56 bits per heavy atom. The third kappa shape index (κ3) is 3.97. The highest BCUT2D eigenvalue weighted by Crippen LogP contribution is 2.32. The molecular weight excluding hydrogens is 432 g/mol. The minimum Gasteiger partial charge on any atom is -0.486 e. The number of benzene rings is 2. The molecule has 0 saturated carbocycles. The maximum absolute atomic E-state index is 13.1. The number of rotatable bonds is 6. The molecule has 4 aromatic rings. The number of hydrogen-bond donors (Lipinski definition) is 0. The Bertz CT molecular complexity index is 1280. The normalized spacial score (nSPS) is 12.4. The fourth-order valence-corrected chi connectivity index (χ4v) is 3.86. The van der Waals surface area contributed by atoms with E-state index in [1.165, 1.54) is 11.3 Å². The smallest absolute Gasteiger partial charge is 0.339 e. The van der Waals surface area contributed by atoms with E-state index in [2.05, 4.69) is 10.2 Å². The highest BCUT2D eigenvalue weighted by Gasteiger charge is 2.22. The number of thiophene rings is 1. The summed E-state index contributed by atoms with van der Waals surface area (Å²) in [6.45, 7) is 0.672. The van der Waals surface area contributed by atoms with Crippen molar-refractivity contribution >= 4 is 23.1 Å². The Balaban J connectivity index is 1.33. The van der Waals surface area contributed by atoms with E-state index in [-0.39, 0.29) is 29.4 Å². The van der Waals surface area contributed by atoms with E-state index in [9.17, 15) is 9.59 Å². The van der Waals surface area contributed by atoms with Crippen LogP contribution in [0.4, 0.5) is 0 Å². The fraction of sp³-hybridized carbons (Fsp3) is 0.130. The molecule has 3 heterocycles. The van der Waals surface area contributed by atoms with Gasteiger partial charge in [0.05, 0.1) is 10.4 Å². The van der Waals surface area contributed by atoms with Crippen molar-refractivity contribution < 1.29 is 28.2 Å². The van der Waals surface area contributed by atoms with Gasteiger partial charge in [-0.1, -0.05) is 24.3 Å². The lowest BCUT2D eigenvalue weighted by Crippen LogP contribution is -2.16. The predicted molar refractivity (Wildman–Crippen MR) is 114 cm³/mol. The molecule has 0 radical (unpaired) electrons. The van der Waals surface area contributed by atoms with Crippen LogP contribution in [0.15, 0.2) is 64.4 Å². The van der Waals surface area contributed by atoms with Gasteiger partial charge < -0.3 is 18.6 Å². The molecule has 5 rings (SSSR count). The van der Waals surface area contributed by atoms with Crippen LogP contribution in [0.25, 0.3) is 10.8 Å². The lowest BCUT2D eigenvalue weighted by Gasteiger charge is -2.18. The zero-order valence-electron chi connectivity index (χ0n) is 16.6. The van der Waals surface area contributed by atoms with Crippen molar-refractivity contribution in [2.24, 2.45) is 0 Å². The van der Waals surface area contributed by atoms with E-state index < -0.39 is 5.97 Å². The third-order valence-corrected chi connectivity index (χ3v) is 5.58. The quantitative estimate of drug-likeness (QED) is 0.320. The zero-order chi connectivity index (χ0) is 21.9. The van der Waals surface area contributed by atoms with Crippen LogP contribution in [-0.2, 0) is 11.3 Å². The molecule has 0 aliphatic carbocycles. The number of carbonyl (C=O) groups is 2. The van der Waals surface area contributed by atoms with Gasteiger partial charge in [0.25, 0.3) is 11.8 Å². The average Bonchev–Trinajstić information content (AvgIpc) is 3.54. The third-order valence-electron chi connectivity index (χ3n) is 4.72. The van der Waals surface area contributed by atoms with Crippen LogP contribution in [0.3, 0.4) is 0 Å². The molecule has 0 unspecified atom stereocenters. The predicted octanol–water partition coefficient (Wildman–Crippen LogP) is 4.16. The van der Waals surface area contributed by atoms with E-state index in [0.29, 0.717) is 36.2 Å². The molecule has 8 nitrogen and oxygen atoms in total. The van der Waals surface area contributed by atoms with Gasteiger partial charge in [-0.2, -0.15) is 0 Å². The zero-order valence-corrected chi connectivity index (χ0v) is 17.5. The van der Waals surface area contributed by atoms with Gasteiger partial charge >= 0.3 is 5.97 Å². The van der Waals surface area contributed by atoms with Gasteiger partial charge in [-0.05, 0) is 35.7 Å². The van der Waals surface area contributed by atoms with E-state index in [1.54, 1.807) is 42.5 Å². The minimum atomic E-state index is -0.664. The second-order valence-electron chi connectivity index (χ2n) is 6.79. The van der Waals surface area contributed by atoms with Gasteiger partial charge in [0.2, 0.25) is 0 Å². The summed E-state index contributed by atoms with van der Waals surface area (Å²) in [6, 6.07) is 15.1. The topological polar surface area (TPSA) is 101 Å². The molecule has 2 aromatic heterocycles. The Kier molecular flexibility index (Phi) is 5.39. The molecule has 0 atom stereocenters. The first-order valence-electron chi connectivity index (χ1n) is 9.76. The Morgan fingerprint density at radius 2 is 1.75 bits per heavy atom. The van der Waals surface area contributed by atoms with Gasteiger partial charge in [-0.25, -0.2) is 4.79 Å².